The fourth-order valence-corrected chi connectivity index (χ4v) is 4.78. The van der Waals surface area contributed by atoms with Crippen LogP contribution in [0.1, 0.15) is 25.0 Å². The molecule has 154 valence electrons. The number of aryl methyl sites for hydroxylation is 1. The zero-order valence-corrected chi connectivity index (χ0v) is 16.4. The molecule has 1 aliphatic rings. The van der Waals surface area contributed by atoms with E-state index in [0.717, 1.165) is 6.26 Å². The molecule has 0 spiro atoms. The van der Waals surface area contributed by atoms with Crippen molar-refractivity contribution in [3.05, 3.63) is 35.8 Å². The fraction of sp³-hybridized carbons (Fsp3) is 0.526. The van der Waals surface area contributed by atoms with Gasteiger partial charge >= 0.3 is 0 Å². The number of hydrogen-bond donors (Lipinski definition) is 0. The summed E-state index contributed by atoms with van der Waals surface area (Å²) in [7, 11) is -3.31. The predicted molar refractivity (Wildman–Crippen MR) is 97.6 cm³/mol. The van der Waals surface area contributed by atoms with E-state index >= 15 is 0 Å². The van der Waals surface area contributed by atoms with Crippen molar-refractivity contribution < 1.29 is 30.8 Å². The molecule has 0 saturated heterocycles. The summed E-state index contributed by atoms with van der Waals surface area (Å²) in [6.45, 7) is 1.55. The van der Waals surface area contributed by atoms with Gasteiger partial charge < -0.3 is 9.26 Å². The van der Waals surface area contributed by atoms with E-state index < -0.39 is 39.8 Å². The van der Waals surface area contributed by atoms with Crippen molar-refractivity contribution >= 4 is 9.84 Å². The third-order valence-electron chi connectivity index (χ3n) is 4.93. The maximum Gasteiger partial charge on any atom is 0.248 e. The predicted octanol–water partition coefficient (Wildman–Crippen LogP) is 4.26. The van der Waals surface area contributed by atoms with Crippen molar-refractivity contribution in [3.8, 4) is 17.0 Å². The Morgan fingerprint density at radius 3 is 2.64 bits per heavy atom. The quantitative estimate of drug-likeness (QED) is 0.702. The van der Waals surface area contributed by atoms with Crippen LogP contribution in [-0.4, -0.2) is 38.1 Å². The molecule has 28 heavy (non-hydrogen) atoms. The van der Waals surface area contributed by atoms with E-state index in [9.17, 15) is 21.6 Å². The topological polar surface area (TPSA) is 69.4 Å². The van der Waals surface area contributed by atoms with Gasteiger partial charge in [0.05, 0.1) is 12.4 Å². The number of alkyl halides is 2. The van der Waals surface area contributed by atoms with E-state index in [1.54, 1.807) is 19.1 Å². The summed E-state index contributed by atoms with van der Waals surface area (Å²) < 4.78 is 75.7. The van der Waals surface area contributed by atoms with Crippen molar-refractivity contribution in [1.82, 2.24) is 5.16 Å². The first-order valence-electron chi connectivity index (χ1n) is 8.94. The van der Waals surface area contributed by atoms with Crippen molar-refractivity contribution in [2.24, 2.45) is 11.8 Å². The Kier molecular flexibility index (Phi) is 5.74. The number of halogens is 3. The summed E-state index contributed by atoms with van der Waals surface area (Å²) in [5, 5.41) is 3.81. The first-order chi connectivity index (χ1) is 13.0. The van der Waals surface area contributed by atoms with E-state index in [4.69, 9.17) is 9.26 Å². The Labute approximate surface area is 161 Å². The Hall–Kier alpha value is -2.03. The monoisotopic (exact) mass is 417 g/mol. The molecule has 1 aromatic heterocycles. The Balaban J connectivity index is 1.71. The van der Waals surface area contributed by atoms with Crippen molar-refractivity contribution in [2.75, 3.05) is 18.6 Å². The lowest BCUT2D eigenvalue weighted by atomic mass is 9.79. The number of ether oxygens (including phenoxy) is 1. The molecular weight excluding hydrogens is 395 g/mol. The maximum absolute atomic E-state index is 14.4. The maximum atomic E-state index is 14.4. The molecule has 5 nitrogen and oxygen atoms in total. The molecule has 0 amide bonds. The van der Waals surface area contributed by atoms with Crippen molar-refractivity contribution in [1.29, 1.82) is 0 Å². The molecule has 1 heterocycles. The molecular formula is C19H22F3NO4S. The molecule has 9 heteroatoms. The average molecular weight is 417 g/mol. The van der Waals surface area contributed by atoms with Crippen LogP contribution in [0.25, 0.3) is 11.3 Å². The third-order valence-corrected chi connectivity index (χ3v) is 5.97. The molecule has 0 aliphatic heterocycles. The number of nitrogens with zero attached hydrogens (tertiary/aromatic N) is 1. The van der Waals surface area contributed by atoms with Crippen LogP contribution in [0.4, 0.5) is 13.2 Å². The Morgan fingerprint density at radius 1 is 1.29 bits per heavy atom. The molecule has 1 aromatic carbocycles. The van der Waals surface area contributed by atoms with Gasteiger partial charge in [0.2, 0.25) is 5.92 Å². The largest absolute Gasteiger partial charge is 0.490 e. The highest BCUT2D eigenvalue weighted by Gasteiger charge is 2.42. The molecule has 3 rings (SSSR count). The summed E-state index contributed by atoms with van der Waals surface area (Å²) in [6, 6.07) is 5.89. The van der Waals surface area contributed by atoms with Gasteiger partial charge in [-0.2, -0.15) is 0 Å². The van der Waals surface area contributed by atoms with Gasteiger partial charge in [-0.05, 0) is 37.5 Å². The van der Waals surface area contributed by atoms with Crippen LogP contribution < -0.4 is 4.74 Å². The van der Waals surface area contributed by atoms with Crippen LogP contribution in [0.5, 0.6) is 5.75 Å². The lowest BCUT2D eigenvalue weighted by molar-refractivity contribution is -0.0736. The third kappa shape index (κ3) is 5.27. The number of benzene rings is 1. The van der Waals surface area contributed by atoms with Crippen LogP contribution in [0.3, 0.4) is 0 Å². The second kappa shape index (κ2) is 7.77. The van der Waals surface area contributed by atoms with E-state index in [-0.39, 0.29) is 31.0 Å². The highest BCUT2D eigenvalue weighted by Crippen LogP contribution is 2.41. The van der Waals surface area contributed by atoms with E-state index in [2.05, 4.69) is 5.16 Å². The Morgan fingerprint density at radius 2 is 2.04 bits per heavy atom. The molecule has 0 bridgehead atoms. The van der Waals surface area contributed by atoms with Gasteiger partial charge in [0.15, 0.2) is 11.6 Å². The van der Waals surface area contributed by atoms with E-state index in [0.29, 0.717) is 17.0 Å². The number of aromatic nitrogens is 1. The minimum Gasteiger partial charge on any atom is -0.490 e. The SMILES string of the molecule is Cc1cc(-c2ccc(OC[C@H]3CC(F)(F)CCC3CS(C)(=O)=O)c(F)c2)no1. The lowest BCUT2D eigenvalue weighted by Gasteiger charge is -2.35. The summed E-state index contributed by atoms with van der Waals surface area (Å²) in [4.78, 5) is 0. The molecule has 0 N–H and O–H groups in total. The zero-order valence-electron chi connectivity index (χ0n) is 15.6. The van der Waals surface area contributed by atoms with Gasteiger partial charge in [-0.1, -0.05) is 5.16 Å². The van der Waals surface area contributed by atoms with Crippen molar-refractivity contribution in [3.63, 3.8) is 0 Å². The molecule has 2 aromatic rings. The highest BCUT2D eigenvalue weighted by atomic mass is 32.2. The van der Waals surface area contributed by atoms with Crippen LogP contribution in [-0.2, 0) is 9.84 Å². The standard InChI is InChI=1S/C19H22F3NO4S/c1-12-7-17(23-27-12)13-3-4-18(16(20)8-13)26-10-15-9-19(21,22)6-5-14(15)11-28(2,24)25/h3-4,7-8,14-15H,5-6,9-11H2,1-2H3/t14?,15-/m1/s1. The molecule has 2 atom stereocenters. The fourth-order valence-electron chi connectivity index (χ4n) is 3.56. The summed E-state index contributed by atoms with van der Waals surface area (Å²) in [5.74, 6) is -4.28. The van der Waals surface area contributed by atoms with Gasteiger partial charge in [-0.3, -0.25) is 0 Å². The van der Waals surface area contributed by atoms with E-state index in [1.165, 1.54) is 12.1 Å². The molecule has 1 saturated carbocycles. The van der Waals surface area contributed by atoms with Gasteiger partial charge in [0, 0.05) is 36.6 Å². The van der Waals surface area contributed by atoms with Crippen molar-refractivity contribution in [2.45, 2.75) is 32.1 Å². The van der Waals surface area contributed by atoms with Crippen LogP contribution >= 0.6 is 0 Å². The summed E-state index contributed by atoms with van der Waals surface area (Å²) in [6.07, 6.45) is 0.373. The first kappa shape index (κ1) is 20.7. The first-order valence-corrected chi connectivity index (χ1v) is 11.0. The molecule has 1 fully saturated rings. The number of hydrogen-bond acceptors (Lipinski definition) is 5. The normalized spacial score (nSPS) is 22.2. The van der Waals surface area contributed by atoms with Gasteiger partial charge in [-0.25, -0.2) is 21.6 Å². The second-order valence-electron chi connectivity index (χ2n) is 7.49. The van der Waals surface area contributed by atoms with Gasteiger partial charge in [0.1, 0.15) is 21.3 Å². The van der Waals surface area contributed by atoms with Crippen LogP contribution in [0.15, 0.2) is 28.8 Å². The van der Waals surface area contributed by atoms with Gasteiger partial charge in [0.25, 0.3) is 0 Å². The van der Waals surface area contributed by atoms with E-state index in [1.807, 2.05) is 0 Å². The molecule has 0 radical (unpaired) electrons. The molecule has 1 unspecified atom stereocenters. The van der Waals surface area contributed by atoms with Gasteiger partial charge in [-0.15, -0.1) is 0 Å². The van der Waals surface area contributed by atoms with Crippen LogP contribution in [0.2, 0.25) is 0 Å². The van der Waals surface area contributed by atoms with Crippen LogP contribution in [0, 0.1) is 24.6 Å². The average Bonchev–Trinajstić information content (AvgIpc) is 3.01. The Bertz CT molecular complexity index is 942. The smallest absolute Gasteiger partial charge is 0.248 e. The second-order valence-corrected chi connectivity index (χ2v) is 9.68. The lowest BCUT2D eigenvalue weighted by Crippen LogP contribution is -2.38. The minimum atomic E-state index is -3.31. The summed E-state index contributed by atoms with van der Waals surface area (Å²) in [5.41, 5.74) is 0.976. The zero-order chi connectivity index (χ0) is 20.5. The highest BCUT2D eigenvalue weighted by molar-refractivity contribution is 7.90. The number of rotatable bonds is 6. The number of sulfone groups is 1. The summed E-state index contributed by atoms with van der Waals surface area (Å²) >= 11 is 0. The molecule has 1 aliphatic carbocycles. The minimum absolute atomic E-state index is 0.0732.